The Hall–Kier alpha value is -3.48. The van der Waals surface area contributed by atoms with Gasteiger partial charge in [0.15, 0.2) is 0 Å². The molecular formula is C26H20ClN3O3. The summed E-state index contributed by atoms with van der Waals surface area (Å²) in [6, 6.07) is 23.4. The van der Waals surface area contributed by atoms with Gasteiger partial charge in [-0.05, 0) is 42.3 Å². The lowest BCUT2D eigenvalue weighted by Crippen LogP contribution is -2.53. The van der Waals surface area contributed by atoms with Gasteiger partial charge in [0.1, 0.15) is 5.54 Å². The van der Waals surface area contributed by atoms with E-state index in [0.717, 1.165) is 5.56 Å². The van der Waals surface area contributed by atoms with E-state index in [1.54, 1.807) is 24.3 Å². The van der Waals surface area contributed by atoms with Gasteiger partial charge in [-0.2, -0.15) is 0 Å². The number of fused-ring (bicyclic) bond motifs is 4. The first-order valence-electron chi connectivity index (χ1n) is 10.9. The summed E-state index contributed by atoms with van der Waals surface area (Å²) in [5, 5.41) is 6.90. The third kappa shape index (κ3) is 2.81. The normalized spacial score (nSPS) is 27.7. The molecule has 3 aliphatic heterocycles. The molecule has 33 heavy (non-hydrogen) atoms. The van der Waals surface area contributed by atoms with Crippen LogP contribution in [0.4, 0.5) is 11.4 Å². The quantitative estimate of drug-likeness (QED) is 0.590. The maximum atomic E-state index is 13.8. The van der Waals surface area contributed by atoms with Crippen molar-refractivity contribution in [3.63, 3.8) is 0 Å². The number of nitrogens with zero attached hydrogens (tertiary/aromatic N) is 1. The largest absolute Gasteiger partial charge is 0.324 e. The second-order valence-electron chi connectivity index (χ2n) is 8.74. The van der Waals surface area contributed by atoms with Crippen LogP contribution in [0.1, 0.15) is 11.1 Å². The zero-order valence-electron chi connectivity index (χ0n) is 17.5. The molecule has 3 aromatic rings. The second-order valence-corrected chi connectivity index (χ2v) is 9.18. The predicted molar refractivity (Wildman–Crippen MR) is 125 cm³/mol. The summed E-state index contributed by atoms with van der Waals surface area (Å²) in [5.74, 6) is -2.49. The molecule has 6 rings (SSSR count). The molecule has 0 bridgehead atoms. The van der Waals surface area contributed by atoms with Crippen LogP contribution in [0.25, 0.3) is 0 Å². The smallest absolute Gasteiger partial charge is 0.250 e. The molecular weight excluding hydrogens is 438 g/mol. The molecule has 0 aliphatic carbocycles. The Kier molecular flexibility index (Phi) is 4.44. The average molecular weight is 458 g/mol. The molecule has 7 heteroatoms. The summed E-state index contributed by atoms with van der Waals surface area (Å²) in [4.78, 5) is 42.3. The molecule has 3 aromatic carbocycles. The standard InChI is InChI=1S/C26H20ClN3O3/c27-16-10-12-17(13-11-16)30-23(31)21-20(14-15-6-2-1-3-7-15)29-26(22(21)24(30)32)18-8-4-5-9-19(18)28-25(26)33/h1-13,20-22,29H,14H2,(H,28,33)/t20-,21-,22-,26-/m0/s1. The third-order valence-electron chi connectivity index (χ3n) is 7.01. The Morgan fingerprint density at radius 2 is 1.55 bits per heavy atom. The van der Waals surface area contributed by atoms with E-state index in [2.05, 4.69) is 10.6 Å². The van der Waals surface area contributed by atoms with Gasteiger partial charge in [0, 0.05) is 22.3 Å². The van der Waals surface area contributed by atoms with Crippen LogP contribution in [-0.4, -0.2) is 23.8 Å². The summed E-state index contributed by atoms with van der Waals surface area (Å²) in [5.41, 5.74) is 1.57. The minimum absolute atomic E-state index is 0.296. The van der Waals surface area contributed by atoms with Crippen LogP contribution in [0.2, 0.25) is 5.02 Å². The predicted octanol–water partition coefficient (Wildman–Crippen LogP) is 3.51. The van der Waals surface area contributed by atoms with E-state index < -0.39 is 17.4 Å². The molecule has 2 N–H and O–H groups in total. The van der Waals surface area contributed by atoms with Crippen molar-refractivity contribution in [2.24, 2.45) is 11.8 Å². The third-order valence-corrected chi connectivity index (χ3v) is 7.26. The first-order valence-corrected chi connectivity index (χ1v) is 11.2. The summed E-state index contributed by atoms with van der Waals surface area (Å²) in [6.45, 7) is 0. The molecule has 2 fully saturated rings. The number of anilines is 2. The molecule has 0 saturated carbocycles. The molecule has 3 heterocycles. The van der Waals surface area contributed by atoms with Gasteiger partial charge < -0.3 is 5.32 Å². The van der Waals surface area contributed by atoms with E-state index in [4.69, 9.17) is 11.6 Å². The minimum Gasteiger partial charge on any atom is -0.324 e. The maximum absolute atomic E-state index is 13.8. The van der Waals surface area contributed by atoms with Gasteiger partial charge in [0.05, 0.1) is 17.5 Å². The molecule has 0 unspecified atom stereocenters. The highest BCUT2D eigenvalue weighted by molar-refractivity contribution is 6.31. The number of amides is 3. The molecule has 0 aromatic heterocycles. The number of para-hydroxylation sites is 1. The molecule has 6 nitrogen and oxygen atoms in total. The Morgan fingerprint density at radius 3 is 2.30 bits per heavy atom. The fourth-order valence-electron chi connectivity index (χ4n) is 5.65. The Labute approximate surface area is 195 Å². The number of halogens is 1. The lowest BCUT2D eigenvalue weighted by atomic mass is 9.76. The molecule has 3 amide bonds. The Morgan fingerprint density at radius 1 is 0.848 bits per heavy atom. The van der Waals surface area contributed by atoms with Gasteiger partial charge in [0.2, 0.25) is 17.7 Å². The lowest BCUT2D eigenvalue weighted by Gasteiger charge is -2.29. The molecule has 4 atom stereocenters. The Balaban J connectivity index is 1.49. The van der Waals surface area contributed by atoms with Crippen LogP contribution in [0.15, 0.2) is 78.9 Å². The topological polar surface area (TPSA) is 78.5 Å². The summed E-state index contributed by atoms with van der Waals surface area (Å²) in [7, 11) is 0. The van der Waals surface area contributed by atoms with Crippen molar-refractivity contribution in [1.29, 1.82) is 0 Å². The van der Waals surface area contributed by atoms with Gasteiger partial charge in [-0.1, -0.05) is 60.1 Å². The number of imide groups is 1. The van der Waals surface area contributed by atoms with Crippen LogP contribution >= 0.6 is 11.6 Å². The maximum Gasteiger partial charge on any atom is 0.250 e. The monoisotopic (exact) mass is 457 g/mol. The van der Waals surface area contributed by atoms with E-state index >= 15 is 0 Å². The lowest BCUT2D eigenvalue weighted by molar-refractivity contribution is -0.130. The number of carbonyl (C=O) groups excluding carboxylic acids is 3. The highest BCUT2D eigenvalue weighted by atomic mass is 35.5. The highest BCUT2D eigenvalue weighted by Gasteiger charge is 2.70. The van der Waals surface area contributed by atoms with Gasteiger partial charge in [0.25, 0.3) is 0 Å². The van der Waals surface area contributed by atoms with Crippen molar-refractivity contribution < 1.29 is 14.4 Å². The fourth-order valence-corrected chi connectivity index (χ4v) is 5.77. The first-order chi connectivity index (χ1) is 16.0. The van der Waals surface area contributed by atoms with Gasteiger partial charge >= 0.3 is 0 Å². The van der Waals surface area contributed by atoms with Gasteiger partial charge in [-0.25, -0.2) is 4.90 Å². The van der Waals surface area contributed by atoms with E-state index in [-0.39, 0.29) is 23.8 Å². The Bertz CT molecular complexity index is 1290. The average Bonchev–Trinajstić information content (AvgIpc) is 3.40. The van der Waals surface area contributed by atoms with E-state index in [9.17, 15) is 14.4 Å². The SMILES string of the molecule is O=C1[C@H]2[C@H](Cc3ccccc3)N[C@]3(C(=O)Nc4ccccc43)[C@@H]2C(=O)N1c1ccc(Cl)cc1. The van der Waals surface area contributed by atoms with Crippen molar-refractivity contribution in [2.45, 2.75) is 18.0 Å². The summed E-state index contributed by atoms with van der Waals surface area (Å²) in [6.07, 6.45) is 0.521. The van der Waals surface area contributed by atoms with Gasteiger partial charge in [-0.3, -0.25) is 19.7 Å². The number of rotatable bonds is 3. The van der Waals surface area contributed by atoms with Crippen molar-refractivity contribution >= 4 is 40.7 Å². The van der Waals surface area contributed by atoms with E-state index in [1.807, 2.05) is 54.6 Å². The fraction of sp³-hybridized carbons (Fsp3) is 0.192. The van der Waals surface area contributed by atoms with Crippen LogP contribution < -0.4 is 15.5 Å². The number of hydrogen-bond acceptors (Lipinski definition) is 4. The van der Waals surface area contributed by atoms with Crippen molar-refractivity contribution in [3.8, 4) is 0 Å². The first kappa shape index (κ1) is 20.1. The number of benzene rings is 3. The van der Waals surface area contributed by atoms with Crippen molar-refractivity contribution in [1.82, 2.24) is 5.32 Å². The molecule has 1 spiro atoms. The summed E-state index contributed by atoms with van der Waals surface area (Å²) < 4.78 is 0. The van der Waals surface area contributed by atoms with E-state index in [1.165, 1.54) is 4.90 Å². The molecule has 3 aliphatic rings. The molecule has 0 radical (unpaired) electrons. The van der Waals surface area contributed by atoms with Crippen LogP contribution in [0.5, 0.6) is 0 Å². The number of hydrogen-bond donors (Lipinski definition) is 2. The number of carbonyl (C=O) groups is 3. The second kappa shape index (κ2) is 7.27. The van der Waals surface area contributed by atoms with Gasteiger partial charge in [-0.15, -0.1) is 0 Å². The zero-order chi connectivity index (χ0) is 22.7. The van der Waals surface area contributed by atoms with Crippen LogP contribution in [0, 0.1) is 11.8 Å². The van der Waals surface area contributed by atoms with Crippen molar-refractivity contribution in [2.75, 3.05) is 10.2 Å². The van der Waals surface area contributed by atoms with Crippen molar-refractivity contribution in [3.05, 3.63) is 95.0 Å². The van der Waals surface area contributed by atoms with Crippen LogP contribution in [0.3, 0.4) is 0 Å². The highest BCUT2D eigenvalue weighted by Crippen LogP contribution is 2.53. The summed E-state index contributed by atoms with van der Waals surface area (Å²) >= 11 is 6.02. The number of nitrogens with one attached hydrogen (secondary N) is 2. The van der Waals surface area contributed by atoms with Crippen LogP contribution in [-0.2, 0) is 26.3 Å². The molecule has 2 saturated heterocycles. The van der Waals surface area contributed by atoms with E-state index in [0.29, 0.717) is 28.4 Å². The molecule has 164 valence electrons. The minimum atomic E-state index is -1.30. The zero-order valence-corrected chi connectivity index (χ0v) is 18.3.